The second kappa shape index (κ2) is 8.31. The molecule has 0 fully saturated rings. The van der Waals surface area contributed by atoms with Crippen LogP contribution in [0.5, 0.6) is 5.75 Å². The van der Waals surface area contributed by atoms with E-state index in [1.54, 1.807) is 41.3 Å². The first-order valence-electron chi connectivity index (χ1n) is 13.5. The number of Topliss-reactive ketones (excluding diaryl/α,β-unsaturated/α-hetero) is 1. The second-order valence-electron chi connectivity index (χ2n) is 12.7. The number of rotatable bonds is 2. The highest BCUT2D eigenvalue weighted by Gasteiger charge is 2.66. The van der Waals surface area contributed by atoms with Crippen LogP contribution in [0.4, 0.5) is 5.69 Å². The standard InChI is InChI=1S/C32H31N3O5/c1-17-13-31(4,5)35-26-20(17)11-19(39-28(37)18-9-7-6-8-10-18)12-21(26)32(29(35)38)22(16-33)27(34)40-24-15-30(2,3)14-23(36)25(24)32/h6-12,17H,13-15,34H2,1-5H3/t17-,32+/m0/s1. The number of ether oxygens (including phenoxy) is 2. The molecule has 0 saturated heterocycles. The van der Waals surface area contributed by atoms with Gasteiger partial charge in [-0.05, 0) is 61.4 Å². The summed E-state index contributed by atoms with van der Waals surface area (Å²) in [6.45, 7) is 9.94. The lowest BCUT2D eigenvalue weighted by Gasteiger charge is -2.45. The van der Waals surface area contributed by atoms with Gasteiger partial charge in [-0.1, -0.05) is 39.0 Å². The molecule has 0 radical (unpaired) electrons. The molecule has 0 unspecified atom stereocenters. The Labute approximate surface area is 233 Å². The molecule has 0 bridgehead atoms. The minimum absolute atomic E-state index is 0.000490. The van der Waals surface area contributed by atoms with Crippen molar-refractivity contribution in [1.82, 2.24) is 0 Å². The molecule has 2 atom stereocenters. The Morgan fingerprint density at radius 3 is 2.50 bits per heavy atom. The SMILES string of the molecule is C[C@H]1CC(C)(C)N2C(=O)[C@@]3(C(C#N)=C(N)OC4=C3C(=O)CC(C)(C)C4)c3cc(OC(=O)c4ccccc4)cc1c32. The number of esters is 1. The molecular weight excluding hydrogens is 506 g/mol. The number of anilines is 1. The van der Waals surface area contributed by atoms with Gasteiger partial charge in [0, 0.05) is 23.9 Å². The Morgan fingerprint density at radius 1 is 1.12 bits per heavy atom. The molecule has 1 spiro atoms. The second-order valence-corrected chi connectivity index (χ2v) is 12.7. The van der Waals surface area contributed by atoms with Crippen LogP contribution in [0.2, 0.25) is 0 Å². The van der Waals surface area contributed by atoms with Crippen LogP contribution in [-0.2, 0) is 19.7 Å². The van der Waals surface area contributed by atoms with Crippen LogP contribution in [-0.4, -0.2) is 23.2 Å². The van der Waals surface area contributed by atoms with E-state index in [1.165, 1.54) is 0 Å². The molecule has 204 valence electrons. The fourth-order valence-electron chi connectivity index (χ4n) is 7.14. The van der Waals surface area contributed by atoms with Crippen LogP contribution in [0, 0.1) is 16.7 Å². The van der Waals surface area contributed by atoms with E-state index in [0.29, 0.717) is 35.4 Å². The number of nitriles is 1. The molecule has 2 aromatic rings. The van der Waals surface area contributed by atoms with Gasteiger partial charge in [0.1, 0.15) is 28.6 Å². The van der Waals surface area contributed by atoms with E-state index >= 15 is 0 Å². The quantitative estimate of drug-likeness (QED) is 0.415. The number of amides is 1. The Balaban J connectivity index is 1.66. The monoisotopic (exact) mass is 537 g/mol. The van der Waals surface area contributed by atoms with Crippen molar-refractivity contribution in [2.24, 2.45) is 11.1 Å². The van der Waals surface area contributed by atoms with Gasteiger partial charge in [0.15, 0.2) is 5.78 Å². The van der Waals surface area contributed by atoms with Crippen molar-refractivity contribution in [2.75, 3.05) is 4.90 Å². The zero-order chi connectivity index (χ0) is 28.8. The summed E-state index contributed by atoms with van der Waals surface area (Å²) in [4.78, 5) is 43.6. The van der Waals surface area contributed by atoms with Gasteiger partial charge in [-0.25, -0.2) is 4.79 Å². The van der Waals surface area contributed by atoms with Crippen LogP contribution in [0.1, 0.15) is 81.3 Å². The number of benzene rings is 2. The molecule has 0 aromatic heterocycles. The number of fused-ring (bicyclic) bond motifs is 2. The summed E-state index contributed by atoms with van der Waals surface area (Å²) in [5.74, 6) is -0.856. The molecule has 0 saturated carbocycles. The highest BCUT2D eigenvalue weighted by molar-refractivity contribution is 6.21. The zero-order valence-corrected chi connectivity index (χ0v) is 23.3. The predicted octanol–water partition coefficient (Wildman–Crippen LogP) is 5.14. The fourth-order valence-corrected chi connectivity index (χ4v) is 7.14. The summed E-state index contributed by atoms with van der Waals surface area (Å²) in [7, 11) is 0. The largest absolute Gasteiger partial charge is 0.444 e. The summed E-state index contributed by atoms with van der Waals surface area (Å²) in [5, 5.41) is 10.4. The molecule has 3 aliphatic heterocycles. The summed E-state index contributed by atoms with van der Waals surface area (Å²) < 4.78 is 11.8. The third kappa shape index (κ3) is 3.40. The topological polar surface area (TPSA) is 123 Å². The Bertz CT molecular complexity index is 1630. The third-order valence-corrected chi connectivity index (χ3v) is 8.60. The lowest BCUT2D eigenvalue weighted by Crippen LogP contribution is -2.56. The van der Waals surface area contributed by atoms with E-state index in [2.05, 4.69) is 13.0 Å². The fraction of sp³-hybridized carbons (Fsp3) is 0.375. The summed E-state index contributed by atoms with van der Waals surface area (Å²) in [5.41, 5.74) is 5.85. The molecule has 2 N–H and O–H groups in total. The van der Waals surface area contributed by atoms with Crippen molar-refractivity contribution < 1.29 is 23.9 Å². The highest BCUT2D eigenvalue weighted by Crippen LogP contribution is 2.62. The normalized spacial score (nSPS) is 25.8. The number of allylic oxidation sites excluding steroid dienone is 1. The first-order chi connectivity index (χ1) is 18.8. The van der Waals surface area contributed by atoms with E-state index in [0.717, 1.165) is 5.56 Å². The van der Waals surface area contributed by atoms with E-state index in [1.807, 2.05) is 33.8 Å². The molecule has 6 rings (SSSR count). The average Bonchev–Trinajstić information content (AvgIpc) is 3.11. The lowest BCUT2D eigenvalue weighted by molar-refractivity contribution is -0.126. The Hall–Kier alpha value is -4.38. The van der Waals surface area contributed by atoms with Crippen LogP contribution >= 0.6 is 0 Å². The van der Waals surface area contributed by atoms with Crippen molar-refractivity contribution in [1.29, 1.82) is 5.26 Å². The van der Waals surface area contributed by atoms with E-state index < -0.39 is 28.2 Å². The van der Waals surface area contributed by atoms with E-state index in [-0.39, 0.29) is 40.9 Å². The molecule has 4 aliphatic rings. The Kier molecular flexibility index (Phi) is 5.38. The number of hydrogen-bond acceptors (Lipinski definition) is 7. The van der Waals surface area contributed by atoms with Gasteiger partial charge in [0.2, 0.25) is 11.8 Å². The summed E-state index contributed by atoms with van der Waals surface area (Å²) in [6.07, 6.45) is 1.20. The van der Waals surface area contributed by atoms with Gasteiger partial charge in [-0.15, -0.1) is 0 Å². The number of carbonyl (C=O) groups excluding carboxylic acids is 3. The van der Waals surface area contributed by atoms with Crippen LogP contribution < -0.4 is 15.4 Å². The number of hydrogen-bond donors (Lipinski definition) is 1. The van der Waals surface area contributed by atoms with Crippen molar-refractivity contribution in [3.63, 3.8) is 0 Å². The van der Waals surface area contributed by atoms with Crippen molar-refractivity contribution in [3.05, 3.63) is 81.9 Å². The van der Waals surface area contributed by atoms with E-state index in [4.69, 9.17) is 15.2 Å². The number of nitrogens with two attached hydrogens (primary N) is 1. The maximum atomic E-state index is 14.8. The predicted molar refractivity (Wildman–Crippen MR) is 147 cm³/mol. The van der Waals surface area contributed by atoms with Gasteiger partial charge in [-0.2, -0.15) is 5.26 Å². The first kappa shape index (κ1) is 25.9. The summed E-state index contributed by atoms with van der Waals surface area (Å²) >= 11 is 0. The lowest BCUT2D eigenvalue weighted by atomic mass is 9.62. The highest BCUT2D eigenvalue weighted by atomic mass is 16.5. The van der Waals surface area contributed by atoms with Crippen molar-refractivity contribution in [3.8, 4) is 11.8 Å². The van der Waals surface area contributed by atoms with Crippen LogP contribution in [0.3, 0.4) is 0 Å². The molecule has 40 heavy (non-hydrogen) atoms. The van der Waals surface area contributed by atoms with Gasteiger partial charge in [0.25, 0.3) is 0 Å². The smallest absolute Gasteiger partial charge is 0.343 e. The van der Waals surface area contributed by atoms with Crippen molar-refractivity contribution >= 4 is 23.3 Å². The molecule has 2 aromatic carbocycles. The van der Waals surface area contributed by atoms with E-state index in [9.17, 15) is 19.6 Å². The minimum atomic E-state index is -1.79. The molecule has 8 heteroatoms. The maximum Gasteiger partial charge on any atom is 0.343 e. The zero-order valence-electron chi connectivity index (χ0n) is 23.3. The molecular formula is C32H31N3O5. The van der Waals surface area contributed by atoms with Gasteiger partial charge < -0.3 is 20.1 Å². The van der Waals surface area contributed by atoms with Gasteiger partial charge >= 0.3 is 5.97 Å². The number of nitrogens with zero attached hydrogens (tertiary/aromatic N) is 2. The minimum Gasteiger partial charge on any atom is -0.444 e. The molecule has 1 aliphatic carbocycles. The van der Waals surface area contributed by atoms with Gasteiger partial charge in [0.05, 0.1) is 16.8 Å². The Morgan fingerprint density at radius 2 is 1.82 bits per heavy atom. The van der Waals surface area contributed by atoms with Gasteiger partial charge in [-0.3, -0.25) is 9.59 Å². The van der Waals surface area contributed by atoms with Crippen molar-refractivity contribution in [2.45, 2.75) is 70.8 Å². The number of ketones is 1. The third-order valence-electron chi connectivity index (χ3n) is 8.60. The molecule has 8 nitrogen and oxygen atoms in total. The average molecular weight is 538 g/mol. The van der Waals surface area contributed by atoms with Crippen LogP contribution in [0.15, 0.2) is 65.3 Å². The number of carbonyl (C=O) groups is 3. The van der Waals surface area contributed by atoms with Crippen LogP contribution in [0.25, 0.3) is 0 Å². The molecule has 1 amide bonds. The summed E-state index contributed by atoms with van der Waals surface area (Å²) in [6, 6.07) is 14.2. The first-order valence-corrected chi connectivity index (χ1v) is 13.5. The maximum absolute atomic E-state index is 14.8. The molecule has 3 heterocycles.